The number of benzene rings is 1. The Balaban J connectivity index is 2.07. The van der Waals surface area contributed by atoms with E-state index in [1.54, 1.807) is 0 Å². The van der Waals surface area contributed by atoms with Gasteiger partial charge in [0.25, 0.3) is 0 Å². The number of hydrogen-bond donors (Lipinski definition) is 1. The number of rotatable bonds is 8. The van der Waals surface area contributed by atoms with Crippen molar-refractivity contribution in [3.8, 4) is 0 Å². The van der Waals surface area contributed by atoms with E-state index in [4.69, 9.17) is 11.6 Å². The summed E-state index contributed by atoms with van der Waals surface area (Å²) in [4.78, 5) is 7.04. The second-order valence-corrected chi connectivity index (χ2v) is 7.89. The van der Waals surface area contributed by atoms with Gasteiger partial charge in [-0.3, -0.25) is 4.98 Å². The van der Waals surface area contributed by atoms with Crippen LogP contribution in [-0.4, -0.2) is 36.1 Å². The molecular formula is C20H30ClN3. The largest absolute Gasteiger partial charge is 0.383 e. The lowest BCUT2D eigenvalue weighted by Crippen LogP contribution is -2.35. The number of aromatic nitrogens is 1. The minimum atomic E-state index is 0.689. The van der Waals surface area contributed by atoms with Gasteiger partial charge in [0, 0.05) is 48.5 Å². The third-order valence-corrected chi connectivity index (χ3v) is 4.23. The average Bonchev–Trinajstić information content (AvgIpc) is 2.48. The van der Waals surface area contributed by atoms with Crippen molar-refractivity contribution in [2.24, 2.45) is 11.8 Å². The third-order valence-electron chi connectivity index (χ3n) is 4.00. The number of nitrogens with zero attached hydrogens (tertiary/aromatic N) is 2. The second-order valence-electron chi connectivity index (χ2n) is 7.45. The second kappa shape index (κ2) is 8.68. The van der Waals surface area contributed by atoms with Crippen molar-refractivity contribution in [1.29, 1.82) is 0 Å². The fraction of sp³-hybridized carbons (Fsp3) is 0.550. The van der Waals surface area contributed by atoms with Crippen LogP contribution in [0.5, 0.6) is 0 Å². The van der Waals surface area contributed by atoms with Crippen molar-refractivity contribution in [3.63, 3.8) is 0 Å². The van der Waals surface area contributed by atoms with Crippen molar-refractivity contribution < 1.29 is 0 Å². The lowest BCUT2D eigenvalue weighted by Gasteiger charge is -2.26. The number of halogens is 1. The molecule has 0 aliphatic carbocycles. The lowest BCUT2D eigenvalue weighted by molar-refractivity contribution is 0.227. The molecule has 1 aromatic carbocycles. The first-order chi connectivity index (χ1) is 11.4. The van der Waals surface area contributed by atoms with Crippen LogP contribution in [0.1, 0.15) is 33.3 Å². The lowest BCUT2D eigenvalue weighted by atomic mass is 10.1. The summed E-state index contributed by atoms with van der Waals surface area (Å²) < 4.78 is 0. The Kier molecular flexibility index (Phi) is 6.88. The van der Waals surface area contributed by atoms with E-state index < -0.39 is 0 Å². The van der Waals surface area contributed by atoms with Crippen molar-refractivity contribution in [2.45, 2.75) is 34.6 Å². The number of pyridine rings is 1. The molecule has 2 aromatic rings. The van der Waals surface area contributed by atoms with Gasteiger partial charge in [-0.05, 0) is 42.5 Å². The minimum absolute atomic E-state index is 0.689. The topological polar surface area (TPSA) is 28.2 Å². The van der Waals surface area contributed by atoms with Gasteiger partial charge in [0.1, 0.15) is 0 Å². The van der Waals surface area contributed by atoms with Crippen LogP contribution in [0.3, 0.4) is 0 Å². The van der Waals surface area contributed by atoms with E-state index >= 15 is 0 Å². The van der Waals surface area contributed by atoms with Crippen molar-refractivity contribution in [3.05, 3.63) is 35.0 Å². The Morgan fingerprint density at radius 1 is 1.12 bits per heavy atom. The quantitative estimate of drug-likeness (QED) is 0.709. The summed E-state index contributed by atoms with van der Waals surface area (Å²) in [5.74, 6) is 1.38. The van der Waals surface area contributed by atoms with E-state index in [9.17, 15) is 0 Å². The summed E-state index contributed by atoms with van der Waals surface area (Å²) in [6.07, 6.45) is 1.92. The van der Waals surface area contributed by atoms with Crippen LogP contribution in [0, 0.1) is 18.8 Å². The molecule has 0 fully saturated rings. The van der Waals surface area contributed by atoms with Crippen LogP contribution in [0.2, 0.25) is 5.02 Å². The predicted octanol–water partition coefficient (Wildman–Crippen LogP) is 5.22. The van der Waals surface area contributed by atoms with Gasteiger partial charge in [0.05, 0.1) is 5.52 Å². The molecule has 1 aromatic heterocycles. The predicted molar refractivity (Wildman–Crippen MR) is 106 cm³/mol. The maximum Gasteiger partial charge on any atom is 0.0737 e. The van der Waals surface area contributed by atoms with Gasteiger partial charge in [-0.25, -0.2) is 0 Å². The summed E-state index contributed by atoms with van der Waals surface area (Å²) in [6.45, 7) is 15.5. The summed E-state index contributed by atoms with van der Waals surface area (Å²) in [6, 6.07) is 5.91. The van der Waals surface area contributed by atoms with Crippen molar-refractivity contribution in [2.75, 3.05) is 31.5 Å². The van der Waals surface area contributed by atoms with Gasteiger partial charge in [-0.15, -0.1) is 0 Å². The van der Waals surface area contributed by atoms with Gasteiger partial charge in [0.2, 0.25) is 0 Å². The maximum absolute atomic E-state index is 6.09. The Labute approximate surface area is 151 Å². The molecule has 2 rings (SSSR count). The molecule has 0 atom stereocenters. The van der Waals surface area contributed by atoms with E-state index in [1.807, 2.05) is 18.3 Å². The van der Waals surface area contributed by atoms with Gasteiger partial charge in [0.15, 0.2) is 0 Å². The van der Waals surface area contributed by atoms with Gasteiger partial charge in [-0.1, -0.05) is 39.3 Å². The monoisotopic (exact) mass is 347 g/mol. The number of aryl methyl sites for hydroxylation is 1. The first kappa shape index (κ1) is 19.0. The van der Waals surface area contributed by atoms with Crippen LogP contribution >= 0.6 is 11.6 Å². The van der Waals surface area contributed by atoms with Crippen LogP contribution in [0.15, 0.2) is 24.4 Å². The highest BCUT2D eigenvalue weighted by Crippen LogP contribution is 2.27. The fourth-order valence-electron chi connectivity index (χ4n) is 3.13. The Hall–Kier alpha value is -1.32. The standard InChI is InChI=1S/C20H30ClN3/c1-14(2)12-24(13-15(3)4)9-8-22-20-16(5)11-23-19-10-17(21)6-7-18(19)20/h6-7,10-11,14-15H,8-9,12-13H2,1-5H3,(H,22,23). The summed E-state index contributed by atoms with van der Waals surface area (Å²) in [5.41, 5.74) is 3.28. The zero-order valence-electron chi connectivity index (χ0n) is 15.6. The molecule has 1 heterocycles. The molecule has 0 amide bonds. The SMILES string of the molecule is Cc1cnc2cc(Cl)ccc2c1NCCN(CC(C)C)CC(C)C. The fourth-order valence-corrected chi connectivity index (χ4v) is 3.30. The van der Waals surface area contributed by atoms with E-state index in [0.717, 1.165) is 42.1 Å². The van der Waals surface area contributed by atoms with Crippen molar-refractivity contribution >= 4 is 28.2 Å². The molecule has 132 valence electrons. The summed E-state index contributed by atoms with van der Waals surface area (Å²) >= 11 is 6.09. The molecule has 0 aliphatic rings. The van der Waals surface area contributed by atoms with Crippen LogP contribution in [-0.2, 0) is 0 Å². The number of anilines is 1. The first-order valence-corrected chi connectivity index (χ1v) is 9.25. The first-order valence-electron chi connectivity index (χ1n) is 8.88. The molecule has 0 aliphatic heterocycles. The Morgan fingerprint density at radius 3 is 2.42 bits per heavy atom. The summed E-state index contributed by atoms with van der Waals surface area (Å²) in [5, 5.41) is 5.49. The Bertz CT molecular complexity index is 657. The molecule has 4 heteroatoms. The van der Waals surface area contributed by atoms with Crippen LogP contribution in [0.4, 0.5) is 5.69 Å². The van der Waals surface area contributed by atoms with E-state index in [0.29, 0.717) is 11.8 Å². The maximum atomic E-state index is 6.09. The molecule has 0 unspecified atom stereocenters. The number of fused-ring (bicyclic) bond motifs is 1. The zero-order chi connectivity index (χ0) is 17.7. The Morgan fingerprint density at radius 2 is 1.79 bits per heavy atom. The highest BCUT2D eigenvalue weighted by Gasteiger charge is 2.11. The molecule has 0 spiro atoms. The molecule has 0 bridgehead atoms. The molecule has 24 heavy (non-hydrogen) atoms. The van der Waals surface area contributed by atoms with E-state index in [2.05, 4.69) is 55.9 Å². The molecule has 1 N–H and O–H groups in total. The highest BCUT2D eigenvalue weighted by atomic mass is 35.5. The van der Waals surface area contributed by atoms with Gasteiger partial charge in [-0.2, -0.15) is 0 Å². The minimum Gasteiger partial charge on any atom is -0.383 e. The smallest absolute Gasteiger partial charge is 0.0737 e. The third kappa shape index (κ3) is 5.35. The van der Waals surface area contributed by atoms with E-state index in [1.165, 1.54) is 11.3 Å². The highest BCUT2D eigenvalue weighted by molar-refractivity contribution is 6.31. The van der Waals surface area contributed by atoms with E-state index in [-0.39, 0.29) is 0 Å². The normalized spacial score (nSPS) is 11.9. The zero-order valence-corrected chi connectivity index (χ0v) is 16.3. The molecular weight excluding hydrogens is 318 g/mol. The van der Waals surface area contributed by atoms with Gasteiger partial charge >= 0.3 is 0 Å². The molecule has 0 saturated carbocycles. The van der Waals surface area contributed by atoms with Crippen LogP contribution < -0.4 is 5.32 Å². The molecule has 0 radical (unpaired) electrons. The molecule has 3 nitrogen and oxygen atoms in total. The number of hydrogen-bond acceptors (Lipinski definition) is 3. The van der Waals surface area contributed by atoms with Crippen molar-refractivity contribution in [1.82, 2.24) is 9.88 Å². The molecule has 0 saturated heterocycles. The average molecular weight is 348 g/mol. The summed E-state index contributed by atoms with van der Waals surface area (Å²) in [7, 11) is 0. The van der Waals surface area contributed by atoms with Gasteiger partial charge < -0.3 is 10.2 Å². The van der Waals surface area contributed by atoms with Crippen LogP contribution in [0.25, 0.3) is 10.9 Å². The number of nitrogens with one attached hydrogen (secondary N) is 1.